The largest absolute Gasteiger partial charge is 0.492 e. The van der Waals surface area contributed by atoms with Gasteiger partial charge in [-0.2, -0.15) is 4.31 Å². The van der Waals surface area contributed by atoms with Crippen LogP contribution in [0, 0.1) is 18.8 Å². The number of carbonyl (C=O) groups is 1. The van der Waals surface area contributed by atoms with E-state index in [0.717, 1.165) is 5.56 Å². The Morgan fingerprint density at radius 3 is 2.48 bits per heavy atom. The molecule has 1 aromatic rings. The summed E-state index contributed by atoms with van der Waals surface area (Å²) in [5, 5.41) is 2.89. The first-order chi connectivity index (χ1) is 11.7. The fourth-order valence-electron chi connectivity index (χ4n) is 3.14. The van der Waals surface area contributed by atoms with Crippen LogP contribution in [-0.4, -0.2) is 50.1 Å². The number of nitrogens with zero attached hydrogens (tertiary/aromatic N) is 1. The number of carbonyl (C=O) groups excluding carboxylic acids is 1. The summed E-state index contributed by atoms with van der Waals surface area (Å²) in [5.41, 5.74) is 1.13. The van der Waals surface area contributed by atoms with Crippen LogP contribution in [0.5, 0.6) is 5.75 Å². The lowest BCUT2D eigenvalue weighted by Crippen LogP contribution is -2.41. The Morgan fingerprint density at radius 2 is 1.92 bits per heavy atom. The summed E-state index contributed by atoms with van der Waals surface area (Å²) in [4.78, 5) is 11.4. The van der Waals surface area contributed by atoms with Gasteiger partial charge in [0.15, 0.2) is 0 Å². The second-order valence-corrected chi connectivity index (χ2v) is 9.10. The normalized spacial score (nSPS) is 21.5. The molecule has 0 spiro atoms. The summed E-state index contributed by atoms with van der Waals surface area (Å²) in [5.74, 6) is 0.881. The van der Waals surface area contributed by atoms with Crippen molar-refractivity contribution in [3.8, 4) is 5.75 Å². The van der Waals surface area contributed by atoms with Crippen molar-refractivity contribution in [1.29, 1.82) is 0 Å². The minimum Gasteiger partial charge on any atom is -0.492 e. The summed E-state index contributed by atoms with van der Waals surface area (Å²) in [6.45, 7) is 8.43. The van der Waals surface area contributed by atoms with Crippen molar-refractivity contribution in [2.45, 2.75) is 33.7 Å². The zero-order valence-electron chi connectivity index (χ0n) is 15.4. The third-order valence-corrected chi connectivity index (χ3v) is 6.37. The number of benzene rings is 1. The highest BCUT2D eigenvalue weighted by Gasteiger charge is 2.40. The molecule has 1 fully saturated rings. The van der Waals surface area contributed by atoms with Gasteiger partial charge in [0.05, 0.1) is 5.75 Å². The standard InChI is InChI=1S/C18H28N2O4S/c1-13(2)17-11-20(12-18(17)19-15(4)21)25(22,23)10-9-24-16-7-5-14(3)6-8-16/h5-8,13,17-18H,9-12H2,1-4H3,(H,19,21)/t17-,18+/m0/s1. The summed E-state index contributed by atoms with van der Waals surface area (Å²) in [7, 11) is -3.42. The molecule has 140 valence electrons. The number of hydrogen-bond acceptors (Lipinski definition) is 4. The number of ether oxygens (including phenoxy) is 1. The van der Waals surface area contributed by atoms with Crippen LogP contribution in [0.2, 0.25) is 0 Å². The predicted octanol–water partition coefficient (Wildman–Crippen LogP) is 1.80. The number of hydrogen-bond donors (Lipinski definition) is 1. The van der Waals surface area contributed by atoms with Crippen LogP contribution < -0.4 is 10.1 Å². The van der Waals surface area contributed by atoms with Crippen molar-refractivity contribution in [3.63, 3.8) is 0 Å². The van der Waals surface area contributed by atoms with Crippen LogP contribution in [0.3, 0.4) is 0 Å². The molecule has 0 aliphatic carbocycles. The van der Waals surface area contributed by atoms with E-state index in [2.05, 4.69) is 19.2 Å². The van der Waals surface area contributed by atoms with Crippen LogP contribution in [0.25, 0.3) is 0 Å². The van der Waals surface area contributed by atoms with Gasteiger partial charge in [-0.1, -0.05) is 31.5 Å². The highest BCUT2D eigenvalue weighted by atomic mass is 32.2. The van der Waals surface area contributed by atoms with Crippen molar-refractivity contribution in [1.82, 2.24) is 9.62 Å². The number of sulfonamides is 1. The van der Waals surface area contributed by atoms with Crippen molar-refractivity contribution in [3.05, 3.63) is 29.8 Å². The third kappa shape index (κ3) is 5.44. The highest BCUT2D eigenvalue weighted by Crippen LogP contribution is 2.26. The van der Waals surface area contributed by atoms with Gasteiger partial charge in [0.25, 0.3) is 0 Å². The molecule has 1 N–H and O–H groups in total. The average Bonchev–Trinajstić information content (AvgIpc) is 2.93. The molecule has 2 rings (SSSR count). The van der Waals surface area contributed by atoms with E-state index in [1.807, 2.05) is 31.2 Å². The molecule has 1 saturated heterocycles. The molecule has 1 heterocycles. The van der Waals surface area contributed by atoms with Crippen LogP contribution in [0.4, 0.5) is 0 Å². The number of amides is 1. The Balaban J connectivity index is 1.94. The maximum Gasteiger partial charge on any atom is 0.217 e. The third-order valence-electron chi connectivity index (χ3n) is 4.60. The molecule has 0 saturated carbocycles. The molecule has 1 aliphatic heterocycles. The Kier molecular flexibility index (Phi) is 6.46. The maximum atomic E-state index is 12.6. The zero-order valence-corrected chi connectivity index (χ0v) is 16.2. The number of aryl methyl sites for hydroxylation is 1. The van der Waals surface area contributed by atoms with E-state index in [-0.39, 0.29) is 30.2 Å². The topological polar surface area (TPSA) is 75.7 Å². The van der Waals surface area contributed by atoms with Crippen molar-refractivity contribution in [2.75, 3.05) is 25.4 Å². The van der Waals surface area contributed by atoms with E-state index >= 15 is 0 Å². The van der Waals surface area contributed by atoms with Gasteiger partial charge in [-0.15, -0.1) is 0 Å². The molecular formula is C18H28N2O4S. The highest BCUT2D eigenvalue weighted by molar-refractivity contribution is 7.89. The molecule has 0 unspecified atom stereocenters. The Labute approximate surface area is 150 Å². The van der Waals surface area contributed by atoms with Crippen molar-refractivity contribution >= 4 is 15.9 Å². The second-order valence-electron chi connectivity index (χ2n) is 7.01. The minimum absolute atomic E-state index is 0.0709. The van der Waals surface area contributed by atoms with E-state index in [4.69, 9.17) is 4.74 Å². The van der Waals surface area contributed by atoms with Gasteiger partial charge in [0, 0.05) is 26.1 Å². The molecule has 1 aliphatic rings. The van der Waals surface area contributed by atoms with Gasteiger partial charge in [0.1, 0.15) is 12.4 Å². The van der Waals surface area contributed by atoms with Gasteiger partial charge in [-0.05, 0) is 30.9 Å². The summed E-state index contributed by atoms with van der Waals surface area (Å²) in [6.07, 6.45) is 0. The lowest BCUT2D eigenvalue weighted by Gasteiger charge is -2.21. The first kappa shape index (κ1) is 19.7. The zero-order chi connectivity index (χ0) is 18.6. The molecule has 0 bridgehead atoms. The number of rotatable bonds is 7. The van der Waals surface area contributed by atoms with Gasteiger partial charge in [-0.3, -0.25) is 4.79 Å². The van der Waals surface area contributed by atoms with Crippen LogP contribution in [0.1, 0.15) is 26.3 Å². The monoisotopic (exact) mass is 368 g/mol. The van der Waals surface area contributed by atoms with Crippen LogP contribution in [-0.2, 0) is 14.8 Å². The van der Waals surface area contributed by atoms with Crippen LogP contribution in [0.15, 0.2) is 24.3 Å². The quantitative estimate of drug-likeness (QED) is 0.796. The maximum absolute atomic E-state index is 12.6. The second kappa shape index (κ2) is 8.19. The van der Waals surface area contributed by atoms with E-state index in [1.54, 1.807) is 0 Å². The minimum atomic E-state index is -3.42. The number of nitrogens with one attached hydrogen (secondary N) is 1. The van der Waals surface area contributed by atoms with Gasteiger partial charge in [-0.25, -0.2) is 8.42 Å². The van der Waals surface area contributed by atoms with E-state index < -0.39 is 10.0 Å². The Hall–Kier alpha value is -1.60. The van der Waals surface area contributed by atoms with Gasteiger partial charge < -0.3 is 10.1 Å². The first-order valence-corrected chi connectivity index (χ1v) is 10.2. The lowest BCUT2D eigenvalue weighted by atomic mass is 9.91. The van der Waals surface area contributed by atoms with E-state index in [1.165, 1.54) is 11.2 Å². The van der Waals surface area contributed by atoms with Gasteiger partial charge >= 0.3 is 0 Å². The van der Waals surface area contributed by atoms with E-state index in [9.17, 15) is 13.2 Å². The molecule has 1 aromatic carbocycles. The predicted molar refractivity (Wildman–Crippen MR) is 98.0 cm³/mol. The van der Waals surface area contributed by atoms with Gasteiger partial charge in [0.2, 0.25) is 15.9 Å². The average molecular weight is 368 g/mol. The van der Waals surface area contributed by atoms with Crippen molar-refractivity contribution < 1.29 is 17.9 Å². The Morgan fingerprint density at radius 1 is 1.28 bits per heavy atom. The molecule has 0 aromatic heterocycles. The summed E-state index contributed by atoms with van der Waals surface area (Å²) in [6, 6.07) is 7.38. The first-order valence-electron chi connectivity index (χ1n) is 8.63. The smallest absolute Gasteiger partial charge is 0.217 e. The Bertz CT molecular complexity index is 686. The van der Waals surface area contributed by atoms with E-state index in [0.29, 0.717) is 24.8 Å². The molecule has 7 heteroatoms. The lowest BCUT2D eigenvalue weighted by molar-refractivity contribution is -0.119. The molecule has 0 radical (unpaired) electrons. The fourth-order valence-corrected chi connectivity index (χ4v) is 4.48. The molecule has 2 atom stereocenters. The molecule has 1 amide bonds. The van der Waals surface area contributed by atoms with Crippen molar-refractivity contribution in [2.24, 2.45) is 11.8 Å². The SMILES string of the molecule is CC(=O)N[C@@H]1CN(S(=O)(=O)CCOc2ccc(C)cc2)C[C@H]1C(C)C. The summed E-state index contributed by atoms with van der Waals surface area (Å²) >= 11 is 0. The van der Waals surface area contributed by atoms with Crippen LogP contribution >= 0.6 is 0 Å². The molecule has 6 nitrogen and oxygen atoms in total. The fraction of sp³-hybridized carbons (Fsp3) is 0.611. The summed E-state index contributed by atoms with van der Waals surface area (Å²) < 4.78 is 32.2. The molecule has 25 heavy (non-hydrogen) atoms. The molecular weight excluding hydrogens is 340 g/mol.